The summed E-state index contributed by atoms with van der Waals surface area (Å²) in [6.45, 7) is -2.16. The molecular weight excluding hydrogens is 340 g/mol. The molecule has 0 atom stereocenters. The second kappa shape index (κ2) is 7.91. The smallest absolute Gasteiger partial charge is 0.387 e. The highest BCUT2D eigenvalue weighted by atomic mass is 19.3. The summed E-state index contributed by atoms with van der Waals surface area (Å²) in [5, 5.41) is 0. The molecule has 0 radical (unpaired) electrons. The minimum Gasteiger partial charge on any atom is -0.435 e. The molecule has 134 valence electrons. The van der Waals surface area contributed by atoms with Crippen LogP contribution in [0.5, 0.6) is 5.75 Å². The van der Waals surface area contributed by atoms with Crippen LogP contribution < -0.4 is 9.64 Å². The molecule has 0 unspecified atom stereocenters. The van der Waals surface area contributed by atoms with Gasteiger partial charge in [-0.1, -0.05) is 18.2 Å². The van der Waals surface area contributed by atoms with Gasteiger partial charge in [0.15, 0.2) is 5.78 Å². The molecule has 1 aliphatic heterocycles. The van der Waals surface area contributed by atoms with Crippen LogP contribution in [0.2, 0.25) is 0 Å². The fourth-order valence-corrected chi connectivity index (χ4v) is 2.76. The van der Waals surface area contributed by atoms with Crippen molar-refractivity contribution in [2.75, 3.05) is 11.4 Å². The van der Waals surface area contributed by atoms with Crippen LogP contribution in [-0.4, -0.2) is 24.8 Å². The van der Waals surface area contributed by atoms with Crippen LogP contribution in [0.25, 0.3) is 6.08 Å². The first-order valence-electron chi connectivity index (χ1n) is 8.20. The number of allylic oxidation sites excluding steroid dienone is 1. The van der Waals surface area contributed by atoms with Crippen molar-refractivity contribution >= 4 is 23.5 Å². The van der Waals surface area contributed by atoms with Gasteiger partial charge in [0.05, 0.1) is 0 Å². The third kappa shape index (κ3) is 4.33. The van der Waals surface area contributed by atoms with Gasteiger partial charge in [-0.05, 0) is 54.5 Å². The predicted molar refractivity (Wildman–Crippen MR) is 94.5 cm³/mol. The van der Waals surface area contributed by atoms with Gasteiger partial charge < -0.3 is 9.64 Å². The molecule has 0 saturated carbocycles. The average Bonchev–Trinajstić information content (AvgIpc) is 3.06. The highest BCUT2D eigenvalue weighted by Crippen LogP contribution is 2.22. The van der Waals surface area contributed by atoms with Crippen LogP contribution in [0.15, 0.2) is 54.6 Å². The van der Waals surface area contributed by atoms with Crippen molar-refractivity contribution in [1.82, 2.24) is 0 Å². The Morgan fingerprint density at radius 1 is 1.08 bits per heavy atom. The van der Waals surface area contributed by atoms with Gasteiger partial charge in [0.1, 0.15) is 5.75 Å². The molecule has 0 aromatic heterocycles. The van der Waals surface area contributed by atoms with Crippen molar-refractivity contribution in [3.8, 4) is 5.75 Å². The summed E-state index contributed by atoms with van der Waals surface area (Å²) < 4.78 is 28.5. The van der Waals surface area contributed by atoms with Crippen LogP contribution in [0.4, 0.5) is 14.5 Å². The summed E-state index contributed by atoms with van der Waals surface area (Å²) in [6, 6.07) is 12.9. The van der Waals surface area contributed by atoms with Gasteiger partial charge in [0.25, 0.3) is 0 Å². The number of rotatable bonds is 6. The summed E-state index contributed by atoms with van der Waals surface area (Å²) in [6.07, 6.45) is 4.43. The third-order valence-electron chi connectivity index (χ3n) is 4.07. The number of ketones is 1. The van der Waals surface area contributed by atoms with Crippen molar-refractivity contribution in [2.24, 2.45) is 0 Å². The topological polar surface area (TPSA) is 46.6 Å². The van der Waals surface area contributed by atoms with E-state index < -0.39 is 6.61 Å². The molecule has 0 bridgehead atoms. The average molecular weight is 357 g/mol. The summed E-state index contributed by atoms with van der Waals surface area (Å²) in [7, 11) is 0. The van der Waals surface area contributed by atoms with Crippen LogP contribution in [-0.2, 0) is 4.79 Å². The SMILES string of the molecule is O=C(C=Cc1ccc(OC(F)F)cc1)c1ccc(N2CCCC2=O)cc1. The largest absolute Gasteiger partial charge is 0.435 e. The lowest BCUT2D eigenvalue weighted by Gasteiger charge is -2.15. The van der Waals surface area contributed by atoms with Gasteiger partial charge in [-0.3, -0.25) is 9.59 Å². The Balaban J connectivity index is 1.64. The Kier molecular flexibility index (Phi) is 5.41. The molecule has 1 aliphatic rings. The summed E-state index contributed by atoms with van der Waals surface area (Å²) in [5.41, 5.74) is 2.00. The standard InChI is InChI=1S/C20H17F2NO3/c21-20(22)26-17-10-3-14(4-11-17)5-12-18(24)15-6-8-16(9-7-15)23-13-1-2-19(23)25/h3-12,20H,1-2,13H2. The Hall–Kier alpha value is -3.02. The first kappa shape index (κ1) is 17.8. The second-order valence-electron chi connectivity index (χ2n) is 5.84. The molecule has 1 heterocycles. The predicted octanol–water partition coefficient (Wildman–Crippen LogP) is 4.31. The third-order valence-corrected chi connectivity index (χ3v) is 4.07. The Morgan fingerprint density at radius 3 is 2.35 bits per heavy atom. The van der Waals surface area contributed by atoms with Gasteiger partial charge in [-0.15, -0.1) is 0 Å². The maximum absolute atomic E-state index is 12.2. The molecular formula is C20H17F2NO3. The van der Waals surface area contributed by atoms with E-state index in [1.54, 1.807) is 47.4 Å². The van der Waals surface area contributed by atoms with Crippen LogP contribution in [0, 0.1) is 0 Å². The van der Waals surface area contributed by atoms with E-state index in [0.29, 0.717) is 24.1 Å². The number of ether oxygens (including phenoxy) is 1. The zero-order valence-corrected chi connectivity index (χ0v) is 13.9. The van der Waals surface area contributed by atoms with Crippen molar-refractivity contribution in [3.63, 3.8) is 0 Å². The lowest BCUT2D eigenvalue weighted by atomic mass is 10.1. The lowest BCUT2D eigenvalue weighted by Crippen LogP contribution is -2.23. The van der Waals surface area contributed by atoms with Gasteiger partial charge in [-0.25, -0.2) is 0 Å². The summed E-state index contributed by atoms with van der Waals surface area (Å²) >= 11 is 0. The molecule has 0 spiro atoms. The normalized spacial score (nSPS) is 14.4. The molecule has 3 rings (SSSR count). The van der Waals surface area contributed by atoms with E-state index in [-0.39, 0.29) is 17.4 Å². The molecule has 1 amide bonds. The number of alkyl halides is 2. The zero-order chi connectivity index (χ0) is 18.5. The minimum atomic E-state index is -2.86. The van der Waals surface area contributed by atoms with Crippen LogP contribution in [0.3, 0.4) is 0 Å². The molecule has 6 heteroatoms. The van der Waals surface area contributed by atoms with E-state index >= 15 is 0 Å². The maximum Gasteiger partial charge on any atom is 0.387 e. The first-order valence-corrected chi connectivity index (χ1v) is 8.20. The van der Waals surface area contributed by atoms with E-state index in [1.165, 1.54) is 18.2 Å². The Morgan fingerprint density at radius 2 is 1.77 bits per heavy atom. The number of halogens is 2. The van der Waals surface area contributed by atoms with Crippen LogP contribution >= 0.6 is 0 Å². The zero-order valence-electron chi connectivity index (χ0n) is 13.9. The molecule has 26 heavy (non-hydrogen) atoms. The fraction of sp³-hybridized carbons (Fsp3) is 0.200. The van der Waals surface area contributed by atoms with E-state index in [9.17, 15) is 18.4 Å². The Labute approximate surface area is 149 Å². The Bertz CT molecular complexity index is 814. The number of carbonyl (C=O) groups excluding carboxylic acids is 2. The minimum absolute atomic E-state index is 0.0653. The highest BCUT2D eigenvalue weighted by molar-refractivity contribution is 6.07. The van der Waals surface area contributed by atoms with E-state index in [1.807, 2.05) is 0 Å². The summed E-state index contributed by atoms with van der Waals surface area (Å²) in [5.74, 6) is -0.0176. The molecule has 0 N–H and O–H groups in total. The molecule has 2 aromatic rings. The molecule has 1 saturated heterocycles. The van der Waals surface area contributed by atoms with Gasteiger partial charge >= 0.3 is 6.61 Å². The number of amides is 1. The molecule has 2 aromatic carbocycles. The first-order chi connectivity index (χ1) is 12.5. The van der Waals surface area contributed by atoms with Gasteiger partial charge in [-0.2, -0.15) is 8.78 Å². The van der Waals surface area contributed by atoms with Gasteiger partial charge in [0.2, 0.25) is 5.91 Å². The number of hydrogen-bond acceptors (Lipinski definition) is 3. The van der Waals surface area contributed by atoms with E-state index in [0.717, 1.165) is 12.1 Å². The van der Waals surface area contributed by atoms with E-state index in [2.05, 4.69) is 4.74 Å². The summed E-state index contributed by atoms with van der Waals surface area (Å²) in [4.78, 5) is 25.7. The quantitative estimate of drug-likeness (QED) is 0.572. The van der Waals surface area contributed by atoms with Crippen molar-refractivity contribution in [3.05, 3.63) is 65.7 Å². The maximum atomic E-state index is 12.2. The highest BCUT2D eigenvalue weighted by Gasteiger charge is 2.21. The number of nitrogens with zero attached hydrogens (tertiary/aromatic N) is 1. The number of anilines is 1. The molecule has 0 aliphatic carbocycles. The van der Waals surface area contributed by atoms with Crippen molar-refractivity contribution in [2.45, 2.75) is 19.5 Å². The molecule has 4 nitrogen and oxygen atoms in total. The number of carbonyl (C=O) groups is 2. The monoisotopic (exact) mass is 357 g/mol. The fourth-order valence-electron chi connectivity index (χ4n) is 2.76. The van der Waals surface area contributed by atoms with E-state index in [4.69, 9.17) is 0 Å². The molecule has 1 fully saturated rings. The second-order valence-corrected chi connectivity index (χ2v) is 5.84. The van der Waals surface area contributed by atoms with Crippen molar-refractivity contribution in [1.29, 1.82) is 0 Å². The lowest BCUT2D eigenvalue weighted by molar-refractivity contribution is -0.117. The van der Waals surface area contributed by atoms with Crippen LogP contribution in [0.1, 0.15) is 28.8 Å². The number of benzene rings is 2. The van der Waals surface area contributed by atoms with Gasteiger partial charge in [0, 0.05) is 24.2 Å². The number of hydrogen-bond donors (Lipinski definition) is 0. The van der Waals surface area contributed by atoms with Crippen molar-refractivity contribution < 1.29 is 23.1 Å².